The molecule has 0 spiro atoms. The molecule has 0 unspecified atom stereocenters. The Hall–Kier alpha value is -2.37. The van der Waals surface area contributed by atoms with Gasteiger partial charge in [0.05, 0.1) is 35.9 Å². The highest BCUT2D eigenvalue weighted by Crippen LogP contribution is 2.63. The molecule has 120 valence electrons. The molecule has 3 aliphatic heterocycles. The number of benzene rings is 1. The molecule has 3 aliphatic carbocycles. The van der Waals surface area contributed by atoms with E-state index in [9.17, 15) is 14.4 Å². The summed E-state index contributed by atoms with van der Waals surface area (Å²) in [5.74, 6) is -0.321. The number of hydrogen-bond acceptors (Lipinski definition) is 3. The van der Waals surface area contributed by atoms with E-state index in [0.717, 1.165) is 16.7 Å². The highest BCUT2D eigenvalue weighted by molar-refractivity contribution is 5.98. The van der Waals surface area contributed by atoms with Crippen LogP contribution in [0.1, 0.15) is 88.5 Å². The van der Waals surface area contributed by atoms with E-state index in [-0.39, 0.29) is 53.6 Å². The second-order valence-corrected chi connectivity index (χ2v) is 8.03. The minimum atomic E-state index is -0.167. The van der Waals surface area contributed by atoms with Gasteiger partial charge in [0.15, 0.2) is 0 Å². The van der Waals surface area contributed by atoms with Gasteiger partial charge in [-0.2, -0.15) is 0 Å². The summed E-state index contributed by atoms with van der Waals surface area (Å²) in [6.45, 7) is 0. The quantitative estimate of drug-likeness (QED) is 0.656. The first-order valence-electron chi connectivity index (χ1n) is 8.78. The Bertz CT molecular complexity index is 796. The first-order chi connectivity index (χ1) is 11.6. The summed E-state index contributed by atoms with van der Waals surface area (Å²) >= 11 is 0. The van der Waals surface area contributed by atoms with Gasteiger partial charge in [0.1, 0.15) is 0 Å². The molecule has 3 N–H and O–H groups in total. The minimum Gasteiger partial charge on any atom is -0.349 e. The first-order valence-corrected chi connectivity index (χ1v) is 8.78. The predicted molar refractivity (Wildman–Crippen MR) is 81.2 cm³/mol. The molecule has 24 heavy (non-hydrogen) atoms. The Labute approximate surface area is 137 Å². The van der Waals surface area contributed by atoms with Crippen molar-refractivity contribution in [2.24, 2.45) is 0 Å². The molecule has 3 heterocycles. The van der Waals surface area contributed by atoms with Gasteiger partial charge in [0.25, 0.3) is 0 Å². The smallest absolute Gasteiger partial charge is 0.228 e. The summed E-state index contributed by atoms with van der Waals surface area (Å²) in [6, 6.07) is -0.110. The average Bonchev–Trinajstić information content (AvgIpc) is 3.18. The van der Waals surface area contributed by atoms with Crippen LogP contribution in [0.4, 0.5) is 0 Å². The van der Waals surface area contributed by atoms with Crippen LogP contribution in [-0.4, -0.2) is 17.7 Å². The van der Waals surface area contributed by atoms with E-state index < -0.39 is 0 Å². The van der Waals surface area contributed by atoms with Gasteiger partial charge in [0, 0.05) is 0 Å². The molecule has 0 bridgehead atoms. The Morgan fingerprint density at radius 2 is 0.792 bits per heavy atom. The van der Waals surface area contributed by atoms with Crippen LogP contribution in [0.15, 0.2) is 0 Å². The second-order valence-electron chi connectivity index (χ2n) is 8.03. The topological polar surface area (TPSA) is 87.3 Å². The molecule has 6 heteroatoms. The van der Waals surface area contributed by atoms with Crippen LogP contribution in [-0.2, 0) is 14.4 Å². The molecular weight excluding hydrogens is 306 g/mol. The molecule has 1 aromatic rings. The van der Waals surface area contributed by atoms with Gasteiger partial charge in [-0.1, -0.05) is 0 Å². The molecule has 0 aromatic heterocycles. The Morgan fingerprint density at radius 1 is 0.500 bits per heavy atom. The molecule has 7 rings (SSSR count). The van der Waals surface area contributed by atoms with Gasteiger partial charge in [0.2, 0.25) is 17.7 Å². The maximum absolute atomic E-state index is 12.6. The van der Waals surface area contributed by atoms with Crippen molar-refractivity contribution >= 4 is 17.7 Å². The molecule has 3 amide bonds. The number of rotatable bonds is 0. The first kappa shape index (κ1) is 12.1. The zero-order valence-corrected chi connectivity index (χ0v) is 12.8. The normalized spacial score (nSPS) is 41.2. The summed E-state index contributed by atoms with van der Waals surface area (Å²) in [6.07, 6.45) is 1.98. The third-order valence-electron chi connectivity index (χ3n) is 7.14. The lowest BCUT2D eigenvalue weighted by molar-refractivity contribution is -0.126. The van der Waals surface area contributed by atoms with E-state index in [1.165, 1.54) is 16.7 Å². The summed E-state index contributed by atoms with van der Waals surface area (Å²) < 4.78 is 0. The van der Waals surface area contributed by atoms with Crippen molar-refractivity contribution in [3.05, 3.63) is 33.4 Å². The molecule has 6 atom stereocenters. The molecule has 6 aliphatic rings. The SMILES string of the molecule is O=C1N[C@@H]2C[C@@H]3C(=O)N[C@@H]4C[C@@H]5C(=O)N[C@@H]6C[C@H]1c1c2c3c4c5c16. The Kier molecular flexibility index (Phi) is 1.69. The third kappa shape index (κ3) is 1.02. The van der Waals surface area contributed by atoms with Crippen molar-refractivity contribution in [1.82, 2.24) is 16.0 Å². The number of amides is 3. The highest BCUT2D eigenvalue weighted by Gasteiger charge is 2.58. The van der Waals surface area contributed by atoms with Crippen LogP contribution in [0.3, 0.4) is 0 Å². The zero-order chi connectivity index (χ0) is 15.9. The van der Waals surface area contributed by atoms with Gasteiger partial charge < -0.3 is 16.0 Å². The summed E-state index contributed by atoms with van der Waals surface area (Å²) in [5.41, 5.74) is 7.13. The fourth-order valence-electron chi connectivity index (χ4n) is 6.46. The molecule has 0 radical (unpaired) electrons. The predicted octanol–water partition coefficient (Wildman–Crippen LogP) is 0.661. The molecule has 0 saturated carbocycles. The van der Waals surface area contributed by atoms with E-state index in [1.807, 2.05) is 0 Å². The summed E-state index contributed by atoms with van der Waals surface area (Å²) in [4.78, 5) is 37.9. The second kappa shape index (κ2) is 3.36. The number of carbonyl (C=O) groups is 3. The van der Waals surface area contributed by atoms with Crippen LogP contribution in [0.2, 0.25) is 0 Å². The molecular formula is C18H15N3O3. The molecule has 0 saturated heterocycles. The number of carbonyl (C=O) groups excluding carboxylic acids is 3. The van der Waals surface area contributed by atoms with Crippen molar-refractivity contribution in [2.45, 2.75) is 55.1 Å². The van der Waals surface area contributed by atoms with Crippen molar-refractivity contribution in [3.63, 3.8) is 0 Å². The standard InChI is InChI=1S/C18H15N3O3/c22-16-4-1-7-13-10(4)14-8(20-16)3-6-12(14)15-9(21-18(6)24)2-5(11(13)15)17(23)19-7/h4-9H,1-3H2,(H,19,23)(H,20,22)(H,21,24)/t4-,5-,6-,7+,8+,9+/m0/s1. The molecule has 0 fully saturated rings. The molecule has 6 nitrogen and oxygen atoms in total. The fraction of sp³-hybridized carbons (Fsp3) is 0.500. The van der Waals surface area contributed by atoms with Gasteiger partial charge in [-0.3, -0.25) is 14.4 Å². The van der Waals surface area contributed by atoms with Crippen molar-refractivity contribution < 1.29 is 14.4 Å². The lowest BCUT2D eigenvalue weighted by Crippen LogP contribution is -2.36. The maximum atomic E-state index is 12.6. The number of nitrogens with one attached hydrogen (secondary N) is 3. The van der Waals surface area contributed by atoms with Crippen LogP contribution in [0.25, 0.3) is 0 Å². The van der Waals surface area contributed by atoms with Crippen LogP contribution >= 0.6 is 0 Å². The Balaban J connectivity index is 1.68. The van der Waals surface area contributed by atoms with Crippen molar-refractivity contribution in [3.8, 4) is 0 Å². The zero-order valence-electron chi connectivity index (χ0n) is 12.8. The lowest BCUT2D eigenvalue weighted by atomic mass is 9.79. The monoisotopic (exact) mass is 321 g/mol. The molecule has 1 aromatic carbocycles. The van der Waals surface area contributed by atoms with Gasteiger partial charge in [-0.05, 0) is 52.6 Å². The maximum Gasteiger partial charge on any atom is 0.228 e. The van der Waals surface area contributed by atoms with Crippen molar-refractivity contribution in [2.75, 3.05) is 0 Å². The number of hydrogen-bond donors (Lipinski definition) is 3. The highest BCUT2D eigenvalue weighted by atomic mass is 16.2. The fourth-order valence-corrected chi connectivity index (χ4v) is 6.46. The van der Waals surface area contributed by atoms with Crippen LogP contribution in [0, 0.1) is 0 Å². The van der Waals surface area contributed by atoms with Gasteiger partial charge >= 0.3 is 0 Å². The minimum absolute atomic E-state index is 0.0368. The summed E-state index contributed by atoms with van der Waals surface area (Å²) in [5, 5.41) is 9.42. The summed E-state index contributed by atoms with van der Waals surface area (Å²) in [7, 11) is 0. The average molecular weight is 321 g/mol. The van der Waals surface area contributed by atoms with E-state index in [0.29, 0.717) is 19.3 Å². The van der Waals surface area contributed by atoms with Crippen LogP contribution in [0.5, 0.6) is 0 Å². The van der Waals surface area contributed by atoms with E-state index in [2.05, 4.69) is 16.0 Å². The lowest BCUT2D eigenvalue weighted by Gasteiger charge is -2.32. The van der Waals surface area contributed by atoms with Gasteiger partial charge in [-0.25, -0.2) is 0 Å². The largest absolute Gasteiger partial charge is 0.349 e. The third-order valence-corrected chi connectivity index (χ3v) is 7.14. The Morgan fingerprint density at radius 3 is 1.08 bits per heavy atom. The van der Waals surface area contributed by atoms with E-state index >= 15 is 0 Å². The van der Waals surface area contributed by atoms with E-state index in [4.69, 9.17) is 0 Å². The van der Waals surface area contributed by atoms with Gasteiger partial charge in [-0.15, -0.1) is 0 Å². The van der Waals surface area contributed by atoms with Crippen LogP contribution < -0.4 is 16.0 Å². The van der Waals surface area contributed by atoms with Crippen molar-refractivity contribution in [1.29, 1.82) is 0 Å². The van der Waals surface area contributed by atoms with E-state index in [1.54, 1.807) is 0 Å².